The SMILES string of the molecule is C[C@H]1[C@H](CCNS(C)(=O)=O)COCCN1C(=O)c1cnccn1. The number of rotatable bonds is 5. The minimum Gasteiger partial charge on any atom is -0.379 e. The molecule has 0 aromatic carbocycles. The molecule has 1 N–H and O–H groups in total. The fourth-order valence-corrected chi connectivity index (χ4v) is 3.08. The second kappa shape index (κ2) is 7.80. The second-order valence-corrected chi connectivity index (χ2v) is 7.45. The fourth-order valence-electron chi connectivity index (χ4n) is 2.59. The van der Waals surface area contributed by atoms with Gasteiger partial charge in [-0.3, -0.25) is 9.78 Å². The van der Waals surface area contributed by atoms with Crippen LogP contribution in [0.5, 0.6) is 0 Å². The fraction of sp³-hybridized carbons (Fsp3) is 0.643. The first-order valence-electron chi connectivity index (χ1n) is 7.48. The van der Waals surface area contributed by atoms with Crippen LogP contribution in [0.25, 0.3) is 0 Å². The Kier molecular flexibility index (Phi) is 6.03. The Morgan fingerprint density at radius 2 is 2.26 bits per heavy atom. The maximum atomic E-state index is 12.6. The standard InChI is InChI=1S/C14H22N4O4S/c1-11-12(3-4-17-23(2,20)21)10-22-8-7-18(11)14(19)13-9-15-5-6-16-13/h5-6,9,11-12,17H,3-4,7-8,10H2,1-2H3/t11-,12+/m0/s1. The lowest BCUT2D eigenvalue weighted by molar-refractivity contribution is 0.0652. The minimum absolute atomic E-state index is 0.0485. The molecule has 23 heavy (non-hydrogen) atoms. The summed E-state index contributed by atoms with van der Waals surface area (Å²) in [6.07, 6.45) is 6.18. The Morgan fingerprint density at radius 3 is 2.91 bits per heavy atom. The van der Waals surface area contributed by atoms with Gasteiger partial charge in [-0.05, 0) is 13.3 Å². The van der Waals surface area contributed by atoms with E-state index in [2.05, 4.69) is 14.7 Å². The van der Waals surface area contributed by atoms with Crippen molar-refractivity contribution >= 4 is 15.9 Å². The summed E-state index contributed by atoms with van der Waals surface area (Å²) in [6, 6.07) is -0.0756. The highest BCUT2D eigenvalue weighted by Gasteiger charge is 2.31. The third-order valence-corrected chi connectivity index (χ3v) is 4.63. The largest absolute Gasteiger partial charge is 0.379 e. The number of aromatic nitrogens is 2. The van der Waals surface area contributed by atoms with E-state index in [4.69, 9.17) is 4.74 Å². The van der Waals surface area contributed by atoms with E-state index in [-0.39, 0.29) is 17.9 Å². The van der Waals surface area contributed by atoms with Gasteiger partial charge < -0.3 is 9.64 Å². The van der Waals surface area contributed by atoms with Gasteiger partial charge in [0, 0.05) is 37.4 Å². The molecule has 1 aliphatic rings. The molecular weight excluding hydrogens is 320 g/mol. The summed E-state index contributed by atoms with van der Waals surface area (Å²) < 4.78 is 30.4. The number of nitrogens with one attached hydrogen (secondary N) is 1. The summed E-state index contributed by atoms with van der Waals surface area (Å²) in [5.74, 6) is -0.135. The zero-order valence-corrected chi connectivity index (χ0v) is 14.1. The first-order valence-corrected chi connectivity index (χ1v) is 9.37. The molecule has 8 nitrogen and oxygen atoms in total. The van der Waals surface area contributed by atoms with E-state index in [1.165, 1.54) is 18.6 Å². The molecule has 1 aromatic heterocycles. The van der Waals surface area contributed by atoms with Gasteiger partial charge >= 0.3 is 0 Å². The highest BCUT2D eigenvalue weighted by Crippen LogP contribution is 2.20. The van der Waals surface area contributed by atoms with Crippen molar-refractivity contribution in [1.29, 1.82) is 0 Å². The highest BCUT2D eigenvalue weighted by atomic mass is 32.2. The normalized spacial score (nSPS) is 22.6. The van der Waals surface area contributed by atoms with Crippen LogP contribution < -0.4 is 4.72 Å². The van der Waals surface area contributed by atoms with Gasteiger partial charge in [0.15, 0.2) is 0 Å². The van der Waals surface area contributed by atoms with Gasteiger partial charge in [0.05, 0.1) is 25.7 Å². The van der Waals surface area contributed by atoms with E-state index < -0.39 is 10.0 Å². The summed E-state index contributed by atoms with van der Waals surface area (Å²) >= 11 is 0. The Morgan fingerprint density at radius 1 is 1.48 bits per heavy atom. The first kappa shape index (κ1) is 17.8. The minimum atomic E-state index is -3.21. The van der Waals surface area contributed by atoms with Gasteiger partial charge in [0.1, 0.15) is 5.69 Å². The number of hydrogen-bond donors (Lipinski definition) is 1. The maximum absolute atomic E-state index is 12.6. The van der Waals surface area contributed by atoms with Crippen LogP contribution in [-0.2, 0) is 14.8 Å². The molecule has 2 heterocycles. The van der Waals surface area contributed by atoms with Crippen LogP contribution in [0, 0.1) is 5.92 Å². The molecule has 128 valence electrons. The molecule has 0 bridgehead atoms. The Labute approximate surface area is 136 Å². The number of carbonyl (C=O) groups excluding carboxylic acids is 1. The van der Waals surface area contributed by atoms with Crippen LogP contribution in [0.2, 0.25) is 0 Å². The van der Waals surface area contributed by atoms with Crippen LogP contribution in [-0.4, -0.2) is 67.8 Å². The molecular formula is C14H22N4O4S. The predicted molar refractivity (Wildman–Crippen MR) is 84.3 cm³/mol. The average molecular weight is 342 g/mol. The number of sulfonamides is 1. The summed E-state index contributed by atoms with van der Waals surface area (Å²) in [5.41, 5.74) is 0.300. The molecule has 2 rings (SSSR count). The first-order chi connectivity index (χ1) is 10.9. The molecule has 1 aliphatic heterocycles. The molecule has 0 spiro atoms. The lowest BCUT2D eigenvalue weighted by Crippen LogP contribution is -2.44. The average Bonchev–Trinajstić information content (AvgIpc) is 2.69. The Hall–Kier alpha value is -1.58. The topological polar surface area (TPSA) is 101 Å². The predicted octanol–water partition coefficient (Wildman–Crippen LogP) is -0.107. The summed E-state index contributed by atoms with van der Waals surface area (Å²) in [5, 5.41) is 0. The number of nitrogens with zero attached hydrogens (tertiary/aromatic N) is 3. The monoisotopic (exact) mass is 342 g/mol. The van der Waals surface area contributed by atoms with Crippen molar-refractivity contribution in [2.24, 2.45) is 5.92 Å². The van der Waals surface area contributed by atoms with E-state index in [0.717, 1.165) is 6.26 Å². The van der Waals surface area contributed by atoms with Crippen LogP contribution in [0.1, 0.15) is 23.8 Å². The number of hydrogen-bond acceptors (Lipinski definition) is 6. The van der Waals surface area contributed by atoms with E-state index in [9.17, 15) is 13.2 Å². The molecule has 2 atom stereocenters. The third-order valence-electron chi connectivity index (χ3n) is 3.90. The lowest BCUT2D eigenvalue weighted by Gasteiger charge is -2.31. The van der Waals surface area contributed by atoms with E-state index in [1.807, 2.05) is 6.92 Å². The van der Waals surface area contributed by atoms with Gasteiger partial charge in [-0.15, -0.1) is 0 Å². The number of carbonyl (C=O) groups is 1. The smallest absolute Gasteiger partial charge is 0.274 e. The van der Waals surface area contributed by atoms with Gasteiger partial charge in [0.2, 0.25) is 10.0 Å². The number of ether oxygens (including phenoxy) is 1. The Bertz CT molecular complexity index is 623. The van der Waals surface area contributed by atoms with Crippen molar-refractivity contribution in [3.05, 3.63) is 24.3 Å². The Balaban J connectivity index is 2.04. The van der Waals surface area contributed by atoms with Crippen molar-refractivity contribution in [2.75, 3.05) is 32.6 Å². The van der Waals surface area contributed by atoms with Crippen molar-refractivity contribution < 1.29 is 17.9 Å². The zero-order chi connectivity index (χ0) is 16.9. The molecule has 1 saturated heterocycles. The summed E-state index contributed by atoms with van der Waals surface area (Å²) in [6.45, 7) is 3.70. The van der Waals surface area contributed by atoms with Gasteiger partial charge in [-0.1, -0.05) is 0 Å². The van der Waals surface area contributed by atoms with E-state index in [1.54, 1.807) is 4.90 Å². The van der Waals surface area contributed by atoms with Gasteiger partial charge in [-0.2, -0.15) is 0 Å². The summed E-state index contributed by atoms with van der Waals surface area (Å²) in [7, 11) is -3.21. The van der Waals surface area contributed by atoms with Crippen molar-refractivity contribution in [1.82, 2.24) is 19.6 Å². The van der Waals surface area contributed by atoms with E-state index >= 15 is 0 Å². The molecule has 1 amide bonds. The van der Waals surface area contributed by atoms with Crippen molar-refractivity contribution in [2.45, 2.75) is 19.4 Å². The van der Waals surface area contributed by atoms with Crippen LogP contribution in [0.3, 0.4) is 0 Å². The third kappa shape index (κ3) is 5.22. The van der Waals surface area contributed by atoms with Crippen LogP contribution in [0.4, 0.5) is 0 Å². The van der Waals surface area contributed by atoms with Crippen molar-refractivity contribution in [3.8, 4) is 0 Å². The molecule has 0 saturated carbocycles. The van der Waals surface area contributed by atoms with Gasteiger partial charge in [-0.25, -0.2) is 18.1 Å². The number of amides is 1. The molecule has 0 unspecified atom stereocenters. The molecule has 0 aliphatic carbocycles. The maximum Gasteiger partial charge on any atom is 0.274 e. The van der Waals surface area contributed by atoms with E-state index in [0.29, 0.717) is 38.4 Å². The second-order valence-electron chi connectivity index (χ2n) is 5.62. The lowest BCUT2D eigenvalue weighted by atomic mass is 9.97. The molecule has 0 radical (unpaired) electrons. The van der Waals surface area contributed by atoms with Gasteiger partial charge in [0.25, 0.3) is 5.91 Å². The zero-order valence-electron chi connectivity index (χ0n) is 13.3. The summed E-state index contributed by atoms with van der Waals surface area (Å²) in [4.78, 5) is 22.3. The molecule has 1 aromatic rings. The highest BCUT2D eigenvalue weighted by molar-refractivity contribution is 7.88. The molecule has 1 fully saturated rings. The van der Waals surface area contributed by atoms with Crippen molar-refractivity contribution in [3.63, 3.8) is 0 Å². The quantitative estimate of drug-likeness (QED) is 0.801. The van der Waals surface area contributed by atoms with Crippen LogP contribution in [0.15, 0.2) is 18.6 Å². The van der Waals surface area contributed by atoms with Crippen LogP contribution >= 0.6 is 0 Å². The molecule has 9 heteroatoms.